The molecule has 0 unspecified atom stereocenters. The van der Waals surface area contributed by atoms with Crippen molar-refractivity contribution in [3.63, 3.8) is 0 Å². The van der Waals surface area contributed by atoms with Gasteiger partial charge in [0, 0.05) is 17.3 Å². The smallest absolute Gasteiger partial charge is 0.190 e. The molecule has 0 spiro atoms. The third kappa shape index (κ3) is 3.83. The van der Waals surface area contributed by atoms with Crippen molar-refractivity contribution in [3.05, 3.63) is 59.1 Å². The molecule has 2 aromatic rings. The van der Waals surface area contributed by atoms with E-state index in [0.29, 0.717) is 11.6 Å². The highest BCUT2D eigenvalue weighted by molar-refractivity contribution is 6.30. The molecule has 2 aromatic carbocycles. The number of nitrogens with one attached hydrogen (secondary N) is 1. The van der Waals surface area contributed by atoms with E-state index in [2.05, 4.69) is 5.32 Å². The highest BCUT2D eigenvalue weighted by Crippen LogP contribution is 2.20. The first-order chi connectivity index (χ1) is 9.16. The summed E-state index contributed by atoms with van der Waals surface area (Å²) in [6.07, 6.45) is 0. The minimum Gasteiger partial charge on any atom is -0.486 e. The number of halogens is 3. The fraction of sp³-hybridized carbons (Fsp3) is 0.143. The number of rotatable bonds is 5. The maximum absolute atomic E-state index is 13.3. The molecule has 100 valence electrons. The molecule has 0 radical (unpaired) electrons. The first-order valence-corrected chi connectivity index (χ1v) is 6.11. The van der Waals surface area contributed by atoms with Crippen LogP contribution in [0.4, 0.5) is 14.5 Å². The van der Waals surface area contributed by atoms with Crippen LogP contribution < -0.4 is 10.1 Å². The van der Waals surface area contributed by atoms with E-state index in [1.807, 2.05) is 12.1 Å². The lowest BCUT2D eigenvalue weighted by Gasteiger charge is -2.10. The molecular weight excluding hydrogens is 272 g/mol. The fourth-order valence-corrected chi connectivity index (χ4v) is 1.76. The molecule has 0 atom stereocenters. The average molecular weight is 284 g/mol. The van der Waals surface area contributed by atoms with Crippen molar-refractivity contribution in [2.45, 2.75) is 0 Å². The summed E-state index contributed by atoms with van der Waals surface area (Å²) >= 11 is 5.82. The Hall–Kier alpha value is -1.81. The maximum atomic E-state index is 13.3. The lowest BCUT2D eigenvalue weighted by atomic mass is 10.3. The monoisotopic (exact) mass is 283 g/mol. The Labute approximate surface area is 115 Å². The van der Waals surface area contributed by atoms with Crippen LogP contribution in [0, 0.1) is 11.6 Å². The quantitative estimate of drug-likeness (QED) is 0.834. The molecule has 2 rings (SSSR count). The molecule has 0 aromatic heterocycles. The van der Waals surface area contributed by atoms with E-state index >= 15 is 0 Å². The Balaban J connectivity index is 1.84. The Morgan fingerprint density at radius 3 is 2.42 bits per heavy atom. The van der Waals surface area contributed by atoms with Crippen LogP contribution in [0.3, 0.4) is 0 Å². The second kappa shape index (κ2) is 6.38. The van der Waals surface area contributed by atoms with Crippen molar-refractivity contribution in [1.82, 2.24) is 0 Å². The van der Waals surface area contributed by atoms with Gasteiger partial charge in [0.15, 0.2) is 17.4 Å². The van der Waals surface area contributed by atoms with Crippen molar-refractivity contribution in [3.8, 4) is 5.75 Å². The number of hydrogen-bond donors (Lipinski definition) is 1. The predicted octanol–water partition coefficient (Wildman–Crippen LogP) is 4.11. The van der Waals surface area contributed by atoms with E-state index in [1.165, 1.54) is 6.07 Å². The standard InChI is InChI=1S/C14H12ClF2NO/c15-10-3-1-4-11(9-10)18-7-8-19-14-12(16)5-2-6-13(14)17/h1-6,9,18H,7-8H2. The first kappa shape index (κ1) is 13.6. The molecule has 0 heterocycles. The third-order valence-corrected chi connectivity index (χ3v) is 2.66. The van der Waals surface area contributed by atoms with Crippen LogP contribution in [-0.2, 0) is 0 Å². The minimum absolute atomic E-state index is 0.143. The molecular formula is C14H12ClF2NO. The molecule has 0 fully saturated rings. The van der Waals surface area contributed by atoms with Crippen LogP contribution in [0.15, 0.2) is 42.5 Å². The summed E-state index contributed by atoms with van der Waals surface area (Å²) < 4.78 is 31.6. The highest BCUT2D eigenvalue weighted by atomic mass is 35.5. The van der Waals surface area contributed by atoms with Gasteiger partial charge in [0.1, 0.15) is 6.61 Å². The van der Waals surface area contributed by atoms with Crippen molar-refractivity contribution < 1.29 is 13.5 Å². The summed E-state index contributed by atoms with van der Waals surface area (Å²) in [5.74, 6) is -1.76. The van der Waals surface area contributed by atoms with Crippen LogP contribution in [0.2, 0.25) is 5.02 Å². The van der Waals surface area contributed by atoms with Gasteiger partial charge in [0.05, 0.1) is 0 Å². The number of hydrogen-bond acceptors (Lipinski definition) is 2. The number of ether oxygens (including phenoxy) is 1. The Morgan fingerprint density at radius 2 is 1.74 bits per heavy atom. The average Bonchev–Trinajstić information content (AvgIpc) is 2.37. The van der Waals surface area contributed by atoms with E-state index in [4.69, 9.17) is 16.3 Å². The zero-order chi connectivity index (χ0) is 13.7. The van der Waals surface area contributed by atoms with Gasteiger partial charge in [0.2, 0.25) is 0 Å². The van der Waals surface area contributed by atoms with Gasteiger partial charge in [-0.25, -0.2) is 8.78 Å². The topological polar surface area (TPSA) is 21.3 Å². The first-order valence-electron chi connectivity index (χ1n) is 5.73. The van der Waals surface area contributed by atoms with Crippen LogP contribution in [0.1, 0.15) is 0 Å². The van der Waals surface area contributed by atoms with E-state index in [0.717, 1.165) is 17.8 Å². The Bertz CT molecular complexity index is 543. The SMILES string of the molecule is Fc1cccc(F)c1OCCNc1cccc(Cl)c1. The molecule has 0 aliphatic heterocycles. The van der Waals surface area contributed by atoms with Gasteiger partial charge in [-0.15, -0.1) is 0 Å². The van der Waals surface area contributed by atoms with Crippen molar-refractivity contribution in [2.24, 2.45) is 0 Å². The molecule has 19 heavy (non-hydrogen) atoms. The van der Waals surface area contributed by atoms with Crippen LogP contribution >= 0.6 is 11.6 Å². The maximum Gasteiger partial charge on any atom is 0.190 e. The third-order valence-electron chi connectivity index (χ3n) is 2.42. The lowest BCUT2D eigenvalue weighted by Crippen LogP contribution is -2.12. The summed E-state index contributed by atoms with van der Waals surface area (Å²) in [6.45, 7) is 0.554. The Morgan fingerprint density at radius 1 is 1.05 bits per heavy atom. The molecule has 0 saturated carbocycles. The van der Waals surface area contributed by atoms with Crippen molar-refractivity contribution >= 4 is 17.3 Å². The normalized spacial score (nSPS) is 10.3. The molecule has 0 aliphatic carbocycles. The molecule has 1 N–H and O–H groups in total. The Kier molecular flexibility index (Phi) is 4.58. The summed E-state index contributed by atoms with van der Waals surface area (Å²) in [6, 6.07) is 10.8. The molecule has 5 heteroatoms. The van der Waals surface area contributed by atoms with Gasteiger partial charge in [0.25, 0.3) is 0 Å². The number of anilines is 1. The molecule has 2 nitrogen and oxygen atoms in total. The largest absolute Gasteiger partial charge is 0.486 e. The van der Waals surface area contributed by atoms with Crippen molar-refractivity contribution in [1.29, 1.82) is 0 Å². The van der Waals surface area contributed by atoms with Crippen molar-refractivity contribution in [2.75, 3.05) is 18.5 Å². The summed E-state index contributed by atoms with van der Waals surface area (Å²) in [5, 5.41) is 3.66. The van der Waals surface area contributed by atoms with E-state index in [-0.39, 0.29) is 12.4 Å². The summed E-state index contributed by atoms with van der Waals surface area (Å²) in [7, 11) is 0. The summed E-state index contributed by atoms with van der Waals surface area (Å²) in [5.41, 5.74) is 0.824. The van der Waals surface area contributed by atoms with Gasteiger partial charge < -0.3 is 10.1 Å². The molecule has 0 amide bonds. The van der Waals surface area contributed by atoms with Gasteiger partial charge >= 0.3 is 0 Å². The van der Waals surface area contributed by atoms with Gasteiger partial charge in [-0.05, 0) is 30.3 Å². The van der Waals surface area contributed by atoms with E-state index in [1.54, 1.807) is 12.1 Å². The molecule has 0 bridgehead atoms. The second-order valence-corrected chi connectivity index (χ2v) is 4.27. The van der Waals surface area contributed by atoms with E-state index < -0.39 is 11.6 Å². The predicted molar refractivity (Wildman–Crippen MR) is 71.8 cm³/mol. The lowest BCUT2D eigenvalue weighted by molar-refractivity contribution is 0.297. The highest BCUT2D eigenvalue weighted by Gasteiger charge is 2.08. The molecule has 0 saturated heterocycles. The van der Waals surface area contributed by atoms with Crippen LogP contribution in [0.25, 0.3) is 0 Å². The van der Waals surface area contributed by atoms with Crippen LogP contribution in [-0.4, -0.2) is 13.2 Å². The van der Waals surface area contributed by atoms with Gasteiger partial charge in [-0.2, -0.15) is 0 Å². The van der Waals surface area contributed by atoms with Crippen LogP contribution in [0.5, 0.6) is 5.75 Å². The van der Waals surface area contributed by atoms with E-state index in [9.17, 15) is 8.78 Å². The molecule has 0 aliphatic rings. The fourth-order valence-electron chi connectivity index (χ4n) is 1.57. The summed E-state index contributed by atoms with van der Waals surface area (Å²) in [4.78, 5) is 0. The zero-order valence-electron chi connectivity index (χ0n) is 10.00. The number of benzene rings is 2. The zero-order valence-corrected chi connectivity index (χ0v) is 10.8. The minimum atomic E-state index is -0.706. The second-order valence-electron chi connectivity index (χ2n) is 3.84. The number of para-hydroxylation sites is 1. The van der Waals surface area contributed by atoms with Gasteiger partial charge in [-0.3, -0.25) is 0 Å². The van der Waals surface area contributed by atoms with Gasteiger partial charge in [-0.1, -0.05) is 23.7 Å².